The average Bonchev–Trinajstić information content (AvgIpc) is 2.48. The molecule has 4 nitrogen and oxygen atoms in total. The highest BCUT2D eigenvalue weighted by Gasteiger charge is 2.45. The molecule has 1 heterocycles. The van der Waals surface area contributed by atoms with Crippen molar-refractivity contribution in [2.24, 2.45) is 11.1 Å². The lowest BCUT2D eigenvalue weighted by atomic mass is 9.65. The third-order valence-corrected chi connectivity index (χ3v) is 4.48. The molecular weight excluding hydrogens is 254 g/mol. The molecule has 0 aromatic heterocycles. The van der Waals surface area contributed by atoms with Crippen LogP contribution in [-0.4, -0.2) is 26.3 Å². The van der Waals surface area contributed by atoms with E-state index in [0.717, 1.165) is 24.8 Å². The van der Waals surface area contributed by atoms with Crippen LogP contribution in [0.4, 0.5) is 0 Å². The van der Waals surface area contributed by atoms with Crippen LogP contribution < -0.4 is 5.73 Å². The van der Waals surface area contributed by atoms with Crippen molar-refractivity contribution in [1.29, 1.82) is 0 Å². The van der Waals surface area contributed by atoms with Crippen molar-refractivity contribution >= 4 is 11.7 Å². The number of benzene rings is 1. The van der Waals surface area contributed by atoms with Crippen molar-refractivity contribution in [3.63, 3.8) is 0 Å². The number of fused-ring (bicyclic) bond motifs is 1. The Morgan fingerprint density at radius 2 is 2.00 bits per heavy atom. The molecule has 3 rings (SSSR count). The molecule has 1 fully saturated rings. The fourth-order valence-corrected chi connectivity index (χ4v) is 3.43. The summed E-state index contributed by atoms with van der Waals surface area (Å²) in [5.74, 6) is -0.307. The highest BCUT2D eigenvalue weighted by Crippen LogP contribution is 2.47. The predicted molar refractivity (Wildman–Crippen MR) is 75.8 cm³/mol. The molecule has 0 amide bonds. The van der Waals surface area contributed by atoms with E-state index in [2.05, 4.69) is 6.07 Å². The largest absolute Gasteiger partial charge is 0.466 e. The van der Waals surface area contributed by atoms with Crippen molar-refractivity contribution in [2.75, 3.05) is 20.3 Å². The molecule has 0 saturated carbocycles. The maximum Gasteiger partial charge on any atom is 0.336 e. The Morgan fingerprint density at radius 1 is 1.30 bits per heavy atom. The number of methoxy groups -OCH3 is 1. The van der Waals surface area contributed by atoms with Gasteiger partial charge in [-0.3, -0.25) is 0 Å². The van der Waals surface area contributed by atoms with Gasteiger partial charge in [0, 0.05) is 24.2 Å². The minimum absolute atomic E-state index is 0.232. The van der Waals surface area contributed by atoms with E-state index < -0.39 is 0 Å². The summed E-state index contributed by atoms with van der Waals surface area (Å²) in [7, 11) is 1.41. The quantitative estimate of drug-likeness (QED) is 0.794. The van der Waals surface area contributed by atoms with E-state index >= 15 is 0 Å². The fraction of sp³-hybridized carbons (Fsp3) is 0.438. The molecular formula is C16H19NO3. The van der Waals surface area contributed by atoms with Gasteiger partial charge in [0.15, 0.2) is 0 Å². The van der Waals surface area contributed by atoms with Crippen LogP contribution in [0.2, 0.25) is 0 Å². The number of rotatable bonds is 1. The van der Waals surface area contributed by atoms with E-state index in [4.69, 9.17) is 15.2 Å². The maximum absolute atomic E-state index is 12.3. The second-order valence-corrected chi connectivity index (χ2v) is 5.51. The fourth-order valence-electron chi connectivity index (χ4n) is 3.43. The van der Waals surface area contributed by atoms with Crippen LogP contribution >= 0.6 is 0 Å². The zero-order valence-corrected chi connectivity index (χ0v) is 11.6. The normalized spacial score (nSPS) is 20.6. The zero-order valence-electron chi connectivity index (χ0n) is 11.6. The van der Waals surface area contributed by atoms with Crippen LogP contribution in [0.15, 0.2) is 29.8 Å². The molecule has 0 atom stereocenters. The van der Waals surface area contributed by atoms with E-state index in [9.17, 15) is 4.79 Å². The maximum atomic E-state index is 12.3. The SMILES string of the molecule is COC(=O)C1=C(N)c2ccccc2CC12CCOCC2. The van der Waals surface area contributed by atoms with Gasteiger partial charge in [0.05, 0.1) is 18.4 Å². The van der Waals surface area contributed by atoms with E-state index in [1.54, 1.807) is 0 Å². The molecule has 0 radical (unpaired) electrons. The Labute approximate surface area is 118 Å². The summed E-state index contributed by atoms with van der Waals surface area (Å²) >= 11 is 0. The molecule has 1 aromatic carbocycles. The van der Waals surface area contributed by atoms with E-state index in [1.165, 1.54) is 12.7 Å². The van der Waals surface area contributed by atoms with Gasteiger partial charge in [-0.2, -0.15) is 0 Å². The minimum Gasteiger partial charge on any atom is -0.466 e. The Bertz CT molecular complexity index is 571. The average molecular weight is 273 g/mol. The van der Waals surface area contributed by atoms with Crippen molar-refractivity contribution in [2.45, 2.75) is 19.3 Å². The molecule has 106 valence electrons. The minimum atomic E-state index is -0.307. The summed E-state index contributed by atoms with van der Waals surface area (Å²) < 4.78 is 10.5. The van der Waals surface area contributed by atoms with Gasteiger partial charge in [0.2, 0.25) is 0 Å². The van der Waals surface area contributed by atoms with Gasteiger partial charge in [-0.1, -0.05) is 24.3 Å². The van der Waals surface area contributed by atoms with Crippen LogP contribution in [0.1, 0.15) is 24.0 Å². The van der Waals surface area contributed by atoms with Crippen molar-refractivity contribution in [1.82, 2.24) is 0 Å². The van der Waals surface area contributed by atoms with Gasteiger partial charge in [0.1, 0.15) is 0 Å². The molecule has 1 aliphatic heterocycles. The van der Waals surface area contributed by atoms with E-state index in [1.807, 2.05) is 18.2 Å². The first-order valence-electron chi connectivity index (χ1n) is 6.92. The molecule has 2 aliphatic rings. The molecule has 1 aromatic rings. The molecule has 1 spiro atoms. The number of nitrogens with two attached hydrogens (primary N) is 1. The van der Waals surface area contributed by atoms with Gasteiger partial charge >= 0.3 is 5.97 Å². The Kier molecular flexibility index (Phi) is 3.26. The lowest BCUT2D eigenvalue weighted by molar-refractivity contribution is -0.138. The molecule has 4 heteroatoms. The smallest absolute Gasteiger partial charge is 0.336 e. The van der Waals surface area contributed by atoms with Crippen LogP contribution in [-0.2, 0) is 20.7 Å². The second-order valence-electron chi connectivity index (χ2n) is 5.51. The summed E-state index contributed by atoms with van der Waals surface area (Å²) in [4.78, 5) is 12.3. The first-order chi connectivity index (χ1) is 9.68. The number of hydrogen-bond donors (Lipinski definition) is 1. The van der Waals surface area contributed by atoms with Crippen LogP contribution in [0.3, 0.4) is 0 Å². The Balaban J connectivity index is 2.17. The van der Waals surface area contributed by atoms with E-state index in [0.29, 0.717) is 24.5 Å². The second kappa shape index (κ2) is 4.94. The van der Waals surface area contributed by atoms with Gasteiger partial charge in [-0.15, -0.1) is 0 Å². The summed E-state index contributed by atoms with van der Waals surface area (Å²) in [5, 5.41) is 0. The predicted octanol–water partition coefficient (Wildman–Crippen LogP) is 1.88. The van der Waals surface area contributed by atoms with Crippen LogP contribution in [0.25, 0.3) is 5.70 Å². The molecule has 20 heavy (non-hydrogen) atoms. The highest BCUT2D eigenvalue weighted by molar-refractivity contribution is 5.99. The number of esters is 1. The molecule has 0 unspecified atom stereocenters. The molecule has 1 saturated heterocycles. The summed E-state index contributed by atoms with van der Waals surface area (Å²) in [6.07, 6.45) is 2.45. The number of ether oxygens (including phenoxy) is 2. The standard InChI is InChI=1S/C16H19NO3/c1-19-15(18)13-14(17)12-5-3-2-4-11(12)10-16(13)6-8-20-9-7-16/h2-5H,6-10,17H2,1H3. The third-order valence-electron chi connectivity index (χ3n) is 4.48. The number of carbonyl (C=O) groups is 1. The van der Waals surface area contributed by atoms with Crippen molar-refractivity contribution in [3.8, 4) is 0 Å². The van der Waals surface area contributed by atoms with Gasteiger partial charge in [0.25, 0.3) is 0 Å². The lowest BCUT2D eigenvalue weighted by Crippen LogP contribution is -2.40. The topological polar surface area (TPSA) is 61.5 Å². The molecule has 0 bridgehead atoms. The third kappa shape index (κ3) is 1.91. The lowest BCUT2D eigenvalue weighted by Gasteiger charge is -2.42. The summed E-state index contributed by atoms with van der Waals surface area (Å²) in [5.41, 5.74) is 9.46. The van der Waals surface area contributed by atoms with Crippen molar-refractivity contribution < 1.29 is 14.3 Å². The van der Waals surface area contributed by atoms with Gasteiger partial charge < -0.3 is 15.2 Å². The highest BCUT2D eigenvalue weighted by atomic mass is 16.5. The Morgan fingerprint density at radius 3 is 2.70 bits per heavy atom. The van der Waals surface area contributed by atoms with Gasteiger partial charge in [-0.05, 0) is 24.8 Å². The monoisotopic (exact) mass is 273 g/mol. The summed E-state index contributed by atoms with van der Waals surface area (Å²) in [6, 6.07) is 8.03. The number of hydrogen-bond acceptors (Lipinski definition) is 4. The van der Waals surface area contributed by atoms with Crippen LogP contribution in [0, 0.1) is 5.41 Å². The molecule has 1 aliphatic carbocycles. The van der Waals surface area contributed by atoms with Gasteiger partial charge in [-0.25, -0.2) is 4.79 Å². The first kappa shape index (κ1) is 13.2. The van der Waals surface area contributed by atoms with Crippen molar-refractivity contribution in [3.05, 3.63) is 41.0 Å². The zero-order chi connectivity index (χ0) is 14.2. The first-order valence-corrected chi connectivity index (χ1v) is 6.92. The van der Waals surface area contributed by atoms with E-state index in [-0.39, 0.29) is 11.4 Å². The number of carbonyl (C=O) groups excluding carboxylic acids is 1. The summed E-state index contributed by atoms with van der Waals surface area (Å²) in [6.45, 7) is 1.33. The van der Waals surface area contributed by atoms with Crippen LogP contribution in [0.5, 0.6) is 0 Å². The molecule has 2 N–H and O–H groups in total. The Hall–Kier alpha value is -1.81.